The fraction of sp³-hybridized carbons (Fsp3) is 0.263. The van der Waals surface area contributed by atoms with E-state index in [4.69, 9.17) is 5.26 Å². The number of fused-ring (bicyclic) bond motifs is 1. The maximum atomic E-state index is 14.0. The molecule has 27 heavy (non-hydrogen) atoms. The molecule has 0 spiro atoms. The van der Waals surface area contributed by atoms with Crippen LogP contribution in [0.2, 0.25) is 0 Å². The minimum atomic E-state index is -2.94. The Morgan fingerprint density at radius 2 is 1.93 bits per heavy atom. The Morgan fingerprint density at radius 3 is 2.56 bits per heavy atom. The van der Waals surface area contributed by atoms with E-state index in [0.717, 1.165) is 17.7 Å². The molecule has 2 aromatic carbocycles. The van der Waals surface area contributed by atoms with Crippen molar-refractivity contribution in [2.75, 3.05) is 0 Å². The van der Waals surface area contributed by atoms with E-state index in [2.05, 4.69) is 10.1 Å². The van der Waals surface area contributed by atoms with Crippen molar-refractivity contribution < 1.29 is 27.1 Å². The van der Waals surface area contributed by atoms with Crippen LogP contribution < -0.4 is 10.1 Å². The first-order valence-corrected chi connectivity index (χ1v) is 8.16. The summed E-state index contributed by atoms with van der Waals surface area (Å²) in [5.74, 6) is -3.18. The number of alkyl halides is 2. The smallest absolute Gasteiger partial charge is 0.387 e. The third kappa shape index (κ3) is 4.03. The van der Waals surface area contributed by atoms with Gasteiger partial charge in [-0.05, 0) is 54.7 Å². The number of hydrogen-bond acceptors (Lipinski definition) is 3. The predicted molar refractivity (Wildman–Crippen MR) is 87.3 cm³/mol. The topological polar surface area (TPSA) is 62.1 Å². The molecule has 1 aliphatic carbocycles. The van der Waals surface area contributed by atoms with Crippen molar-refractivity contribution in [3.05, 3.63) is 64.2 Å². The van der Waals surface area contributed by atoms with Crippen molar-refractivity contribution in [3.63, 3.8) is 0 Å². The largest absolute Gasteiger partial charge is 0.435 e. The van der Waals surface area contributed by atoms with E-state index in [1.165, 1.54) is 12.1 Å². The summed E-state index contributed by atoms with van der Waals surface area (Å²) in [6, 6.07) is 7.07. The van der Waals surface area contributed by atoms with E-state index in [0.29, 0.717) is 24.8 Å². The highest BCUT2D eigenvalue weighted by Gasteiger charge is 2.26. The van der Waals surface area contributed by atoms with Gasteiger partial charge >= 0.3 is 6.61 Å². The summed E-state index contributed by atoms with van der Waals surface area (Å²) in [6.07, 6.45) is 1.81. The highest BCUT2D eigenvalue weighted by molar-refractivity contribution is 5.95. The number of halogens is 4. The third-order valence-electron chi connectivity index (χ3n) is 4.36. The molecule has 3 rings (SSSR count). The fourth-order valence-corrected chi connectivity index (χ4v) is 3.20. The highest BCUT2D eigenvalue weighted by Crippen LogP contribution is 2.33. The van der Waals surface area contributed by atoms with Gasteiger partial charge in [0.05, 0.1) is 17.7 Å². The number of carbonyl (C=O) groups is 1. The van der Waals surface area contributed by atoms with Gasteiger partial charge in [0.15, 0.2) is 0 Å². The Kier molecular flexibility index (Phi) is 5.31. The van der Waals surface area contributed by atoms with E-state index < -0.39 is 35.8 Å². The summed E-state index contributed by atoms with van der Waals surface area (Å²) in [7, 11) is 0. The lowest BCUT2D eigenvalue weighted by atomic mass is 9.87. The van der Waals surface area contributed by atoms with Gasteiger partial charge in [0.25, 0.3) is 5.91 Å². The van der Waals surface area contributed by atoms with Gasteiger partial charge in [-0.3, -0.25) is 4.79 Å². The zero-order valence-electron chi connectivity index (χ0n) is 13.9. The summed E-state index contributed by atoms with van der Waals surface area (Å²) in [5, 5.41) is 11.3. The molecular formula is C19H14F4N2O2. The lowest BCUT2D eigenvalue weighted by molar-refractivity contribution is -0.0499. The number of nitriles is 1. The third-order valence-corrected chi connectivity index (χ3v) is 4.36. The lowest BCUT2D eigenvalue weighted by Crippen LogP contribution is -2.32. The van der Waals surface area contributed by atoms with Crippen molar-refractivity contribution in [1.29, 1.82) is 5.26 Å². The van der Waals surface area contributed by atoms with Crippen LogP contribution in [0.3, 0.4) is 0 Å². The zero-order valence-corrected chi connectivity index (χ0v) is 13.9. The molecular weight excluding hydrogens is 364 g/mol. The summed E-state index contributed by atoms with van der Waals surface area (Å²) in [5.41, 5.74) is 0.422. The minimum Gasteiger partial charge on any atom is -0.435 e. The predicted octanol–water partition coefficient (Wildman–Crippen LogP) is 4.25. The van der Waals surface area contributed by atoms with Gasteiger partial charge < -0.3 is 10.1 Å². The van der Waals surface area contributed by atoms with Crippen LogP contribution in [0.1, 0.15) is 45.9 Å². The Hall–Kier alpha value is -3.08. The van der Waals surface area contributed by atoms with Gasteiger partial charge in [0, 0.05) is 0 Å². The molecule has 2 aromatic rings. The molecule has 1 amide bonds. The average molecular weight is 378 g/mol. The van der Waals surface area contributed by atoms with Crippen LogP contribution in [-0.2, 0) is 6.42 Å². The summed E-state index contributed by atoms with van der Waals surface area (Å²) in [4.78, 5) is 12.4. The molecule has 1 N–H and O–H groups in total. The van der Waals surface area contributed by atoms with Crippen LogP contribution in [0.25, 0.3) is 0 Å². The SMILES string of the molecule is N#Cc1cc(F)c(C(=O)N[C@@H]2CCCc3cc(OC(F)F)ccc32)c(F)c1. The fourth-order valence-electron chi connectivity index (χ4n) is 3.20. The standard InChI is InChI=1S/C19H14F4N2O2/c20-14-6-10(9-24)7-15(21)17(14)18(26)25-16-3-1-2-11-8-12(27-19(22)23)4-5-13(11)16/h4-8,16,19H,1-3H2,(H,25,26)/t16-/m1/s1. The van der Waals surface area contributed by atoms with E-state index in [1.54, 1.807) is 12.1 Å². The second-order valence-electron chi connectivity index (χ2n) is 6.08. The number of rotatable bonds is 4. The number of benzene rings is 2. The van der Waals surface area contributed by atoms with E-state index in [1.807, 2.05) is 0 Å². The van der Waals surface area contributed by atoms with Crippen molar-refractivity contribution >= 4 is 5.91 Å². The van der Waals surface area contributed by atoms with Crippen LogP contribution in [0.4, 0.5) is 17.6 Å². The molecule has 0 radical (unpaired) electrons. The minimum absolute atomic E-state index is 0.0138. The van der Waals surface area contributed by atoms with E-state index in [9.17, 15) is 22.4 Å². The molecule has 1 atom stereocenters. The molecule has 0 unspecified atom stereocenters. The Morgan fingerprint density at radius 1 is 1.22 bits per heavy atom. The molecule has 0 aliphatic heterocycles. The molecule has 4 nitrogen and oxygen atoms in total. The Bertz CT molecular complexity index is 901. The second kappa shape index (κ2) is 7.66. The molecule has 140 valence electrons. The van der Waals surface area contributed by atoms with Gasteiger partial charge in [-0.15, -0.1) is 0 Å². The van der Waals surface area contributed by atoms with Crippen LogP contribution in [0.5, 0.6) is 5.75 Å². The van der Waals surface area contributed by atoms with Gasteiger partial charge in [0.1, 0.15) is 22.9 Å². The monoisotopic (exact) mass is 378 g/mol. The average Bonchev–Trinajstić information content (AvgIpc) is 2.60. The van der Waals surface area contributed by atoms with Crippen LogP contribution in [-0.4, -0.2) is 12.5 Å². The Balaban J connectivity index is 1.84. The molecule has 1 aliphatic rings. The van der Waals surface area contributed by atoms with Gasteiger partial charge in [-0.2, -0.15) is 14.0 Å². The van der Waals surface area contributed by atoms with Gasteiger partial charge in [-0.1, -0.05) is 6.07 Å². The number of amides is 1. The first kappa shape index (κ1) is 18.7. The molecule has 0 heterocycles. The van der Waals surface area contributed by atoms with Crippen molar-refractivity contribution in [1.82, 2.24) is 5.32 Å². The van der Waals surface area contributed by atoms with Crippen LogP contribution in [0.15, 0.2) is 30.3 Å². The number of aryl methyl sites for hydroxylation is 1. The first-order chi connectivity index (χ1) is 12.9. The molecule has 8 heteroatoms. The van der Waals surface area contributed by atoms with Crippen molar-refractivity contribution in [2.24, 2.45) is 0 Å². The van der Waals surface area contributed by atoms with Crippen LogP contribution >= 0.6 is 0 Å². The van der Waals surface area contributed by atoms with Crippen molar-refractivity contribution in [2.45, 2.75) is 31.9 Å². The molecule has 0 aromatic heterocycles. The maximum Gasteiger partial charge on any atom is 0.387 e. The van der Waals surface area contributed by atoms with E-state index in [-0.39, 0.29) is 11.3 Å². The summed E-state index contributed by atoms with van der Waals surface area (Å²) in [6.45, 7) is -2.94. The van der Waals surface area contributed by atoms with Gasteiger partial charge in [0.2, 0.25) is 0 Å². The second-order valence-corrected chi connectivity index (χ2v) is 6.08. The number of nitrogens with zero attached hydrogens (tertiary/aromatic N) is 1. The number of ether oxygens (including phenoxy) is 1. The molecule has 0 saturated heterocycles. The lowest BCUT2D eigenvalue weighted by Gasteiger charge is -2.27. The number of hydrogen-bond donors (Lipinski definition) is 1. The molecule has 0 fully saturated rings. The van der Waals surface area contributed by atoms with Crippen LogP contribution in [0, 0.1) is 23.0 Å². The molecule has 0 bridgehead atoms. The summed E-state index contributed by atoms with van der Waals surface area (Å²) < 4.78 is 57.1. The number of nitrogens with one attached hydrogen (secondary N) is 1. The molecule has 0 saturated carbocycles. The van der Waals surface area contributed by atoms with Crippen molar-refractivity contribution in [3.8, 4) is 11.8 Å². The quantitative estimate of drug-likeness (QED) is 0.810. The normalized spacial score (nSPS) is 15.8. The Labute approximate surface area is 152 Å². The summed E-state index contributed by atoms with van der Waals surface area (Å²) >= 11 is 0. The zero-order chi connectivity index (χ0) is 19.6. The number of carbonyl (C=O) groups excluding carboxylic acids is 1. The first-order valence-electron chi connectivity index (χ1n) is 8.16. The maximum absolute atomic E-state index is 14.0. The van der Waals surface area contributed by atoms with Gasteiger partial charge in [-0.25, -0.2) is 8.78 Å². The van der Waals surface area contributed by atoms with E-state index >= 15 is 0 Å². The highest BCUT2D eigenvalue weighted by atomic mass is 19.3.